The second-order valence-electron chi connectivity index (χ2n) is 7.74. The van der Waals surface area contributed by atoms with Crippen LogP contribution < -0.4 is 0 Å². The van der Waals surface area contributed by atoms with Gasteiger partial charge >= 0.3 is 5.97 Å². The molecule has 0 aliphatic heterocycles. The van der Waals surface area contributed by atoms with Gasteiger partial charge in [-0.15, -0.1) is 0 Å². The molecule has 1 heterocycles. The van der Waals surface area contributed by atoms with E-state index in [4.69, 9.17) is 4.98 Å². The van der Waals surface area contributed by atoms with Gasteiger partial charge in [0.15, 0.2) is 0 Å². The van der Waals surface area contributed by atoms with Crippen LogP contribution >= 0.6 is 0 Å². The topological polar surface area (TPSA) is 50.2 Å². The Hall–Kier alpha value is -2.16. The minimum Gasteiger partial charge on any atom is -0.478 e. The monoisotopic (exact) mass is 349 g/mol. The summed E-state index contributed by atoms with van der Waals surface area (Å²) in [6.45, 7) is 0. The lowest BCUT2D eigenvalue weighted by atomic mass is 9.81. The van der Waals surface area contributed by atoms with Crippen LogP contribution in [0.15, 0.2) is 30.3 Å². The number of carboxylic acid groups (broad SMARTS) is 1. The highest BCUT2D eigenvalue weighted by atomic mass is 16.4. The summed E-state index contributed by atoms with van der Waals surface area (Å²) in [4.78, 5) is 17.4. The lowest BCUT2D eigenvalue weighted by Crippen LogP contribution is -2.17. The fraction of sp³-hybridized carbons (Fsp3) is 0.478. The Labute approximate surface area is 155 Å². The molecule has 0 atom stereocenters. The number of hydrogen-bond acceptors (Lipinski definition) is 2. The quantitative estimate of drug-likeness (QED) is 0.716. The van der Waals surface area contributed by atoms with Gasteiger partial charge in [0.25, 0.3) is 0 Å². The van der Waals surface area contributed by atoms with Crippen LogP contribution in [0.2, 0.25) is 0 Å². The number of rotatable bonds is 3. The highest BCUT2D eigenvalue weighted by Crippen LogP contribution is 2.40. The molecule has 0 radical (unpaired) electrons. The van der Waals surface area contributed by atoms with Crippen LogP contribution in [-0.4, -0.2) is 16.1 Å². The summed E-state index contributed by atoms with van der Waals surface area (Å²) in [6, 6.07) is 10.1. The molecule has 1 aromatic heterocycles. The molecular weight excluding hydrogens is 322 g/mol. The van der Waals surface area contributed by atoms with E-state index < -0.39 is 5.97 Å². The minimum absolute atomic E-state index is 0.297. The number of aromatic carboxylic acids is 1. The Morgan fingerprint density at radius 2 is 1.62 bits per heavy atom. The number of nitrogens with zero attached hydrogens (tertiary/aromatic N) is 1. The summed E-state index contributed by atoms with van der Waals surface area (Å²) in [7, 11) is 0. The molecule has 1 saturated carbocycles. The predicted octanol–water partition coefficient (Wildman–Crippen LogP) is 5.76. The van der Waals surface area contributed by atoms with Gasteiger partial charge in [-0.3, -0.25) is 4.98 Å². The van der Waals surface area contributed by atoms with Crippen LogP contribution in [0.4, 0.5) is 0 Å². The molecule has 2 aromatic rings. The number of aryl methyl sites for hydroxylation is 1. The first-order valence-electron chi connectivity index (χ1n) is 10.1. The van der Waals surface area contributed by atoms with E-state index in [2.05, 4.69) is 12.1 Å². The Morgan fingerprint density at radius 3 is 2.35 bits per heavy atom. The van der Waals surface area contributed by atoms with Crippen LogP contribution in [0.25, 0.3) is 11.1 Å². The highest BCUT2D eigenvalue weighted by molar-refractivity contribution is 5.98. The summed E-state index contributed by atoms with van der Waals surface area (Å²) in [5.41, 5.74) is 5.66. The third-order valence-corrected chi connectivity index (χ3v) is 6.02. The summed E-state index contributed by atoms with van der Waals surface area (Å²) in [5.74, 6) is -0.519. The number of fused-ring (bicyclic) bond motifs is 1. The predicted molar refractivity (Wildman–Crippen MR) is 104 cm³/mol. The lowest BCUT2D eigenvalue weighted by Gasteiger charge is -2.26. The van der Waals surface area contributed by atoms with Crippen molar-refractivity contribution in [1.82, 2.24) is 4.98 Å². The van der Waals surface area contributed by atoms with Crippen molar-refractivity contribution in [2.75, 3.05) is 0 Å². The Kier molecular flexibility index (Phi) is 5.05. The standard InChI is InChI=1S/C23H27NO2/c25-23(26)21-20(16-10-4-1-5-11-16)18-14-8-3-9-15-19(18)24-22(21)17-12-6-2-7-13-17/h1,4-5,10-11,17H,2-3,6-9,12-15H2,(H,25,26). The molecule has 136 valence electrons. The van der Waals surface area contributed by atoms with Gasteiger partial charge in [-0.1, -0.05) is 56.0 Å². The van der Waals surface area contributed by atoms with E-state index >= 15 is 0 Å². The van der Waals surface area contributed by atoms with Crippen molar-refractivity contribution >= 4 is 5.97 Å². The van der Waals surface area contributed by atoms with Gasteiger partial charge in [0.2, 0.25) is 0 Å². The molecule has 1 fully saturated rings. The van der Waals surface area contributed by atoms with Crippen molar-refractivity contribution in [2.24, 2.45) is 0 Å². The van der Waals surface area contributed by atoms with E-state index in [0.29, 0.717) is 11.5 Å². The van der Waals surface area contributed by atoms with E-state index in [0.717, 1.165) is 61.0 Å². The zero-order valence-electron chi connectivity index (χ0n) is 15.3. The first-order chi connectivity index (χ1) is 12.8. The zero-order chi connectivity index (χ0) is 17.9. The molecule has 0 saturated heterocycles. The number of carbonyl (C=O) groups is 1. The highest BCUT2D eigenvalue weighted by Gasteiger charge is 2.30. The third-order valence-electron chi connectivity index (χ3n) is 6.02. The molecular formula is C23H27NO2. The number of hydrogen-bond donors (Lipinski definition) is 1. The fourth-order valence-corrected chi connectivity index (χ4v) is 4.75. The molecule has 4 rings (SSSR count). The van der Waals surface area contributed by atoms with Gasteiger partial charge in [-0.05, 0) is 49.7 Å². The molecule has 0 spiro atoms. The zero-order valence-corrected chi connectivity index (χ0v) is 15.3. The summed E-state index contributed by atoms with van der Waals surface area (Å²) in [5, 5.41) is 10.2. The van der Waals surface area contributed by atoms with Crippen LogP contribution in [0.5, 0.6) is 0 Å². The van der Waals surface area contributed by atoms with Gasteiger partial charge in [-0.2, -0.15) is 0 Å². The molecule has 3 nitrogen and oxygen atoms in total. The van der Waals surface area contributed by atoms with E-state index in [1.165, 1.54) is 31.2 Å². The Bertz CT molecular complexity index is 792. The number of aromatic nitrogens is 1. The molecule has 1 N–H and O–H groups in total. The number of benzene rings is 1. The molecule has 0 unspecified atom stereocenters. The van der Waals surface area contributed by atoms with Crippen molar-refractivity contribution < 1.29 is 9.90 Å². The van der Waals surface area contributed by atoms with Crippen molar-refractivity contribution in [2.45, 2.75) is 70.1 Å². The number of pyridine rings is 1. The van der Waals surface area contributed by atoms with Gasteiger partial charge < -0.3 is 5.11 Å². The van der Waals surface area contributed by atoms with Crippen LogP contribution in [-0.2, 0) is 12.8 Å². The van der Waals surface area contributed by atoms with Gasteiger partial charge in [-0.25, -0.2) is 4.79 Å². The van der Waals surface area contributed by atoms with Gasteiger partial charge in [0, 0.05) is 17.2 Å². The summed E-state index contributed by atoms with van der Waals surface area (Å²) >= 11 is 0. The van der Waals surface area contributed by atoms with Crippen molar-refractivity contribution in [3.63, 3.8) is 0 Å². The van der Waals surface area contributed by atoms with Crippen molar-refractivity contribution in [3.8, 4) is 11.1 Å². The molecule has 3 heteroatoms. The molecule has 2 aliphatic carbocycles. The van der Waals surface area contributed by atoms with Crippen LogP contribution in [0, 0.1) is 0 Å². The van der Waals surface area contributed by atoms with Crippen LogP contribution in [0.1, 0.15) is 84.6 Å². The first kappa shape index (κ1) is 17.3. The minimum atomic E-state index is -0.816. The average Bonchev–Trinajstić information content (AvgIpc) is 2.93. The largest absolute Gasteiger partial charge is 0.478 e. The lowest BCUT2D eigenvalue weighted by molar-refractivity contribution is 0.0694. The van der Waals surface area contributed by atoms with E-state index in [1.54, 1.807) is 0 Å². The maximum absolute atomic E-state index is 12.4. The molecule has 2 aliphatic rings. The molecule has 1 aromatic carbocycles. The molecule has 26 heavy (non-hydrogen) atoms. The Morgan fingerprint density at radius 1 is 0.923 bits per heavy atom. The van der Waals surface area contributed by atoms with E-state index in [9.17, 15) is 9.90 Å². The molecule has 0 amide bonds. The Balaban J connectivity index is 1.97. The SMILES string of the molecule is O=C(O)c1c(C2CCCCC2)nc2c(c1-c1ccccc1)CCCCC2. The fourth-order valence-electron chi connectivity index (χ4n) is 4.75. The third kappa shape index (κ3) is 3.27. The maximum Gasteiger partial charge on any atom is 0.338 e. The number of carboxylic acids is 1. The van der Waals surface area contributed by atoms with Gasteiger partial charge in [0.05, 0.1) is 11.3 Å². The van der Waals surface area contributed by atoms with Gasteiger partial charge in [0.1, 0.15) is 0 Å². The summed E-state index contributed by atoms with van der Waals surface area (Å²) in [6.07, 6.45) is 11.2. The van der Waals surface area contributed by atoms with Crippen molar-refractivity contribution in [3.05, 3.63) is 52.8 Å². The average molecular weight is 349 g/mol. The maximum atomic E-state index is 12.4. The molecule has 0 bridgehead atoms. The van der Waals surface area contributed by atoms with E-state index in [-0.39, 0.29) is 0 Å². The summed E-state index contributed by atoms with van der Waals surface area (Å²) < 4.78 is 0. The second-order valence-corrected chi connectivity index (χ2v) is 7.74. The van der Waals surface area contributed by atoms with Crippen LogP contribution in [0.3, 0.4) is 0 Å². The first-order valence-corrected chi connectivity index (χ1v) is 10.1. The normalized spacial score (nSPS) is 18.2. The van der Waals surface area contributed by atoms with Crippen molar-refractivity contribution in [1.29, 1.82) is 0 Å². The second kappa shape index (κ2) is 7.61. The van der Waals surface area contributed by atoms with E-state index in [1.807, 2.05) is 18.2 Å². The smallest absolute Gasteiger partial charge is 0.338 e.